The molecule has 1 heterocycles. The second-order valence-corrected chi connectivity index (χ2v) is 5.25. The van der Waals surface area contributed by atoms with Crippen molar-refractivity contribution in [2.75, 3.05) is 0 Å². The molecule has 0 amide bonds. The van der Waals surface area contributed by atoms with Gasteiger partial charge >= 0.3 is 5.97 Å². The van der Waals surface area contributed by atoms with E-state index in [1.807, 2.05) is 4.57 Å². The predicted molar refractivity (Wildman–Crippen MR) is 69.1 cm³/mol. The van der Waals surface area contributed by atoms with Crippen molar-refractivity contribution in [1.82, 2.24) is 9.55 Å². The molecule has 0 radical (unpaired) electrons. The number of nitrogens with zero attached hydrogens (tertiary/aromatic N) is 2. The fourth-order valence-electron chi connectivity index (χ4n) is 2.76. The van der Waals surface area contributed by atoms with Crippen LogP contribution in [-0.4, -0.2) is 26.5 Å². The quantitative estimate of drug-likeness (QED) is 0.916. The number of rotatable bonds is 2. The lowest BCUT2D eigenvalue weighted by atomic mass is 9.92. The first-order chi connectivity index (χ1) is 9.46. The lowest BCUT2D eigenvalue weighted by Crippen LogP contribution is -2.26. The van der Waals surface area contributed by atoms with Gasteiger partial charge in [0.05, 0.1) is 22.9 Å². The Morgan fingerprint density at radius 1 is 1.35 bits per heavy atom. The first-order valence-corrected chi connectivity index (χ1v) is 6.54. The number of hydrogen-bond acceptors (Lipinski definition) is 2. The number of aromatic nitrogens is 2. The van der Waals surface area contributed by atoms with E-state index < -0.39 is 11.9 Å². The molecule has 0 saturated heterocycles. The molecule has 0 atom stereocenters. The summed E-state index contributed by atoms with van der Waals surface area (Å²) in [7, 11) is 0. The van der Waals surface area contributed by atoms with E-state index in [1.165, 1.54) is 12.1 Å². The molecule has 4 nitrogen and oxygen atoms in total. The van der Waals surface area contributed by atoms with Crippen LogP contribution in [0.25, 0.3) is 11.0 Å². The third kappa shape index (κ3) is 2.26. The van der Waals surface area contributed by atoms with E-state index in [-0.39, 0.29) is 24.4 Å². The Labute approximate surface area is 114 Å². The van der Waals surface area contributed by atoms with Crippen molar-refractivity contribution in [1.29, 1.82) is 0 Å². The van der Waals surface area contributed by atoms with Gasteiger partial charge in [-0.3, -0.25) is 0 Å². The number of fused-ring (bicyclic) bond motifs is 1. The van der Waals surface area contributed by atoms with E-state index in [2.05, 4.69) is 4.98 Å². The third-order valence-corrected chi connectivity index (χ3v) is 3.90. The second-order valence-electron chi connectivity index (χ2n) is 5.25. The third-order valence-electron chi connectivity index (χ3n) is 3.90. The molecule has 0 aliphatic heterocycles. The highest BCUT2D eigenvalue weighted by molar-refractivity contribution is 5.92. The van der Waals surface area contributed by atoms with E-state index in [0.29, 0.717) is 18.4 Å². The number of carboxylic acids is 1. The van der Waals surface area contributed by atoms with Crippen LogP contribution in [0.15, 0.2) is 24.5 Å². The zero-order valence-electron chi connectivity index (χ0n) is 10.7. The van der Waals surface area contributed by atoms with E-state index in [0.717, 1.165) is 5.52 Å². The first kappa shape index (κ1) is 13.0. The van der Waals surface area contributed by atoms with Gasteiger partial charge < -0.3 is 9.67 Å². The average Bonchev–Trinajstić information content (AvgIpc) is 2.81. The Morgan fingerprint density at radius 2 is 2.05 bits per heavy atom. The molecule has 106 valence electrons. The number of carboxylic acid groups (broad SMARTS) is 1. The monoisotopic (exact) mass is 280 g/mol. The van der Waals surface area contributed by atoms with Gasteiger partial charge in [0.1, 0.15) is 0 Å². The molecule has 6 heteroatoms. The van der Waals surface area contributed by atoms with Gasteiger partial charge in [0.2, 0.25) is 5.92 Å². The molecule has 1 fully saturated rings. The Hall–Kier alpha value is -1.98. The molecule has 0 bridgehead atoms. The molecule has 2 aromatic rings. The standard InChI is InChI=1S/C14H14F2N2O2/c15-14(16)5-3-10(4-6-14)18-8-17-11-7-9(13(19)20)1-2-12(11)18/h1-2,7-8,10H,3-6H2,(H,19,20). The maximum atomic E-state index is 13.2. The molecule has 0 unspecified atom stereocenters. The highest BCUT2D eigenvalue weighted by atomic mass is 19.3. The molecule has 1 aliphatic rings. The number of alkyl halides is 2. The molecule has 1 aromatic carbocycles. The summed E-state index contributed by atoms with van der Waals surface area (Å²) in [5.41, 5.74) is 1.56. The van der Waals surface area contributed by atoms with Crippen molar-refractivity contribution < 1.29 is 18.7 Å². The Kier molecular flexibility index (Phi) is 2.96. The summed E-state index contributed by atoms with van der Waals surface area (Å²) in [4.78, 5) is 15.1. The smallest absolute Gasteiger partial charge is 0.335 e. The molecule has 1 aromatic heterocycles. The minimum Gasteiger partial charge on any atom is -0.478 e. The Balaban J connectivity index is 1.91. The van der Waals surface area contributed by atoms with Crippen LogP contribution in [0.5, 0.6) is 0 Å². The number of benzene rings is 1. The first-order valence-electron chi connectivity index (χ1n) is 6.54. The van der Waals surface area contributed by atoms with Gasteiger partial charge in [0.15, 0.2) is 0 Å². The normalized spacial score (nSPS) is 19.3. The predicted octanol–water partition coefficient (Wildman–Crippen LogP) is 3.48. The lowest BCUT2D eigenvalue weighted by molar-refractivity contribution is -0.0436. The van der Waals surface area contributed by atoms with Crippen LogP contribution in [0, 0.1) is 0 Å². The maximum Gasteiger partial charge on any atom is 0.335 e. The second kappa shape index (κ2) is 4.54. The molecular weight excluding hydrogens is 266 g/mol. The van der Waals surface area contributed by atoms with E-state index in [1.54, 1.807) is 12.4 Å². The zero-order chi connectivity index (χ0) is 14.3. The molecule has 1 aliphatic carbocycles. The molecule has 0 spiro atoms. The van der Waals surface area contributed by atoms with Crippen LogP contribution in [-0.2, 0) is 0 Å². The molecule has 1 N–H and O–H groups in total. The van der Waals surface area contributed by atoms with Crippen LogP contribution in [0.4, 0.5) is 8.78 Å². The van der Waals surface area contributed by atoms with E-state index in [4.69, 9.17) is 5.11 Å². The number of halogens is 2. The topological polar surface area (TPSA) is 55.1 Å². The largest absolute Gasteiger partial charge is 0.478 e. The summed E-state index contributed by atoms with van der Waals surface area (Å²) in [5.74, 6) is -3.55. The fourth-order valence-corrected chi connectivity index (χ4v) is 2.76. The molecule has 3 rings (SSSR count). The van der Waals surface area contributed by atoms with Crippen LogP contribution in [0.2, 0.25) is 0 Å². The van der Waals surface area contributed by atoms with Crippen molar-refractivity contribution in [3.8, 4) is 0 Å². The average molecular weight is 280 g/mol. The molecule has 1 saturated carbocycles. The van der Waals surface area contributed by atoms with E-state index >= 15 is 0 Å². The van der Waals surface area contributed by atoms with Crippen molar-refractivity contribution in [3.05, 3.63) is 30.1 Å². The van der Waals surface area contributed by atoms with Gasteiger partial charge in [-0.2, -0.15) is 0 Å². The summed E-state index contributed by atoms with van der Waals surface area (Å²) >= 11 is 0. The van der Waals surface area contributed by atoms with Gasteiger partial charge in [-0.25, -0.2) is 18.6 Å². The minimum absolute atomic E-state index is 0.00954. The van der Waals surface area contributed by atoms with Gasteiger partial charge in [0, 0.05) is 18.9 Å². The summed E-state index contributed by atoms with van der Waals surface area (Å²) in [6.45, 7) is 0. The maximum absolute atomic E-state index is 13.2. The van der Waals surface area contributed by atoms with Crippen molar-refractivity contribution in [2.45, 2.75) is 37.6 Å². The number of imidazole rings is 1. The SMILES string of the molecule is O=C(O)c1ccc2c(c1)ncn2C1CCC(F)(F)CC1. The Bertz CT molecular complexity index is 656. The number of hydrogen-bond donors (Lipinski definition) is 1. The van der Waals surface area contributed by atoms with Gasteiger partial charge in [-0.1, -0.05) is 0 Å². The number of aromatic carboxylic acids is 1. The minimum atomic E-state index is -2.55. The van der Waals surface area contributed by atoms with Gasteiger partial charge in [-0.15, -0.1) is 0 Å². The summed E-state index contributed by atoms with van der Waals surface area (Å²) < 4.78 is 28.3. The fraction of sp³-hybridized carbons (Fsp3) is 0.429. The molecule has 20 heavy (non-hydrogen) atoms. The van der Waals surface area contributed by atoms with Crippen molar-refractivity contribution in [2.24, 2.45) is 0 Å². The van der Waals surface area contributed by atoms with Crippen molar-refractivity contribution >= 4 is 17.0 Å². The van der Waals surface area contributed by atoms with Crippen molar-refractivity contribution in [3.63, 3.8) is 0 Å². The zero-order valence-corrected chi connectivity index (χ0v) is 10.7. The summed E-state index contributed by atoms with van der Waals surface area (Å²) in [6, 6.07) is 4.72. The Morgan fingerprint density at radius 3 is 2.70 bits per heavy atom. The van der Waals surface area contributed by atoms with Gasteiger partial charge in [-0.05, 0) is 31.0 Å². The summed E-state index contributed by atoms with van der Waals surface area (Å²) in [6.07, 6.45) is 2.23. The van der Waals surface area contributed by atoms with Crippen LogP contribution in [0.1, 0.15) is 42.1 Å². The molecular formula is C14H14F2N2O2. The van der Waals surface area contributed by atoms with Crippen LogP contribution in [0.3, 0.4) is 0 Å². The highest BCUT2D eigenvalue weighted by Gasteiger charge is 2.35. The number of carbonyl (C=O) groups is 1. The van der Waals surface area contributed by atoms with Crippen LogP contribution < -0.4 is 0 Å². The van der Waals surface area contributed by atoms with Gasteiger partial charge in [0.25, 0.3) is 0 Å². The van der Waals surface area contributed by atoms with Crippen LogP contribution >= 0.6 is 0 Å². The highest BCUT2D eigenvalue weighted by Crippen LogP contribution is 2.39. The summed E-state index contributed by atoms with van der Waals surface area (Å²) in [5, 5.41) is 8.94. The van der Waals surface area contributed by atoms with E-state index in [9.17, 15) is 13.6 Å². The lowest BCUT2D eigenvalue weighted by Gasteiger charge is -2.29.